The van der Waals surface area contributed by atoms with Crippen LogP contribution in [-0.4, -0.2) is 16.9 Å². The molecule has 0 aromatic heterocycles. The first kappa shape index (κ1) is 15.9. The summed E-state index contributed by atoms with van der Waals surface area (Å²) in [6.07, 6.45) is 9.26. The number of Topliss-reactive ketones (excluding diaryl/α,β-unsaturated/α-hetero) is 1. The van der Waals surface area contributed by atoms with E-state index < -0.39 is 17.2 Å². The molecule has 6 rings (SSSR count). The van der Waals surface area contributed by atoms with E-state index in [1.165, 1.54) is 19.3 Å². The summed E-state index contributed by atoms with van der Waals surface area (Å²) in [6.45, 7) is 7.13. The van der Waals surface area contributed by atoms with Gasteiger partial charge in [-0.05, 0) is 90.3 Å². The van der Waals surface area contributed by atoms with E-state index in [-0.39, 0.29) is 0 Å². The first-order chi connectivity index (χ1) is 12.2. The van der Waals surface area contributed by atoms with Gasteiger partial charge < -0.3 is 5.11 Å². The number of rotatable bonds is 2. The maximum atomic E-state index is 13.2. The molecule has 0 aromatic rings. The van der Waals surface area contributed by atoms with Crippen LogP contribution in [0.1, 0.15) is 46.5 Å². The predicted octanol–water partition coefficient (Wildman–Crippen LogP) is 4.03. The Morgan fingerprint density at radius 3 is 2.38 bits per heavy atom. The molecule has 0 aromatic carbocycles. The van der Waals surface area contributed by atoms with Crippen LogP contribution < -0.4 is 0 Å². The third-order valence-corrected chi connectivity index (χ3v) is 10.1. The second-order valence-electron chi connectivity index (χ2n) is 11.6. The van der Waals surface area contributed by atoms with Crippen LogP contribution >= 0.6 is 0 Å². The molecule has 0 heterocycles. The fraction of sp³-hybridized carbons (Fsp3) is 0.826. The SMILES string of the molecule is CC(C)(C)C1CC2CC1C1C3CC(C(=O)C(=O)O)(C4C5C=CC(C5)C34)C21. The molecule has 6 aliphatic rings. The van der Waals surface area contributed by atoms with Crippen molar-refractivity contribution in [3.63, 3.8) is 0 Å². The van der Waals surface area contributed by atoms with Crippen molar-refractivity contribution in [2.45, 2.75) is 46.5 Å². The Morgan fingerprint density at radius 2 is 1.69 bits per heavy atom. The van der Waals surface area contributed by atoms with E-state index in [0.717, 1.165) is 18.3 Å². The lowest BCUT2D eigenvalue weighted by molar-refractivity contribution is -0.161. The summed E-state index contributed by atoms with van der Waals surface area (Å²) in [6, 6.07) is 0. The highest BCUT2D eigenvalue weighted by Gasteiger charge is 2.79. The van der Waals surface area contributed by atoms with Crippen LogP contribution in [0.2, 0.25) is 0 Å². The molecule has 11 unspecified atom stereocenters. The smallest absolute Gasteiger partial charge is 0.372 e. The molecule has 140 valence electrons. The van der Waals surface area contributed by atoms with Crippen molar-refractivity contribution in [2.24, 2.45) is 70.0 Å². The van der Waals surface area contributed by atoms with Gasteiger partial charge in [-0.2, -0.15) is 0 Å². The van der Waals surface area contributed by atoms with Crippen LogP contribution in [0.3, 0.4) is 0 Å². The molecular formula is C23H30O3. The quantitative estimate of drug-likeness (QED) is 0.463. The molecule has 5 fully saturated rings. The number of fused-ring (bicyclic) bond motifs is 16. The van der Waals surface area contributed by atoms with E-state index in [1.54, 1.807) is 0 Å². The number of aliphatic carboxylic acids is 1. The first-order valence-electron chi connectivity index (χ1n) is 10.7. The molecule has 0 radical (unpaired) electrons. The van der Waals surface area contributed by atoms with E-state index in [2.05, 4.69) is 32.9 Å². The van der Waals surface area contributed by atoms with Gasteiger partial charge in [0.25, 0.3) is 0 Å². The van der Waals surface area contributed by atoms with Crippen LogP contribution in [0.5, 0.6) is 0 Å². The van der Waals surface area contributed by atoms with Crippen molar-refractivity contribution in [1.82, 2.24) is 0 Å². The van der Waals surface area contributed by atoms with Gasteiger partial charge in [0.05, 0.1) is 0 Å². The van der Waals surface area contributed by atoms with Crippen molar-refractivity contribution in [3.05, 3.63) is 12.2 Å². The van der Waals surface area contributed by atoms with E-state index >= 15 is 0 Å². The average Bonchev–Trinajstić information content (AvgIpc) is 3.37. The van der Waals surface area contributed by atoms with Gasteiger partial charge in [-0.3, -0.25) is 4.79 Å². The number of carbonyl (C=O) groups excluding carboxylic acids is 1. The van der Waals surface area contributed by atoms with Crippen LogP contribution in [0.4, 0.5) is 0 Å². The second-order valence-corrected chi connectivity index (χ2v) is 11.6. The monoisotopic (exact) mass is 354 g/mol. The van der Waals surface area contributed by atoms with Crippen molar-refractivity contribution < 1.29 is 14.7 Å². The van der Waals surface area contributed by atoms with Crippen molar-refractivity contribution in [2.75, 3.05) is 0 Å². The van der Waals surface area contributed by atoms with Gasteiger partial charge in [0.2, 0.25) is 5.78 Å². The molecule has 0 spiro atoms. The van der Waals surface area contributed by atoms with Crippen molar-refractivity contribution in [3.8, 4) is 0 Å². The number of hydrogen-bond donors (Lipinski definition) is 1. The minimum absolute atomic E-state index is 0.324. The number of allylic oxidation sites excluding steroid dienone is 2. The standard InChI is InChI=1S/C23H30O3/c1-22(2,3)15-8-12-7-13(15)17-14-9-23(19(12)17,20(24)21(25)26)18-11-5-4-10(6-11)16(14)18/h4-5,10-19H,6-9H2,1-3H3,(H,25,26). The number of carboxylic acid groups (broad SMARTS) is 1. The topological polar surface area (TPSA) is 54.4 Å². The lowest BCUT2D eigenvalue weighted by Gasteiger charge is -2.52. The molecule has 6 aliphatic carbocycles. The molecule has 6 bridgehead atoms. The van der Waals surface area contributed by atoms with Crippen molar-refractivity contribution in [1.29, 1.82) is 0 Å². The van der Waals surface area contributed by atoms with E-state index in [9.17, 15) is 14.7 Å². The molecule has 26 heavy (non-hydrogen) atoms. The summed E-state index contributed by atoms with van der Waals surface area (Å²) in [5.74, 6) is 4.09. The summed E-state index contributed by atoms with van der Waals surface area (Å²) in [5.41, 5.74) is -0.206. The first-order valence-corrected chi connectivity index (χ1v) is 10.7. The zero-order chi connectivity index (χ0) is 18.2. The Morgan fingerprint density at radius 1 is 0.962 bits per heavy atom. The number of ketones is 1. The number of carboxylic acids is 1. The minimum Gasteiger partial charge on any atom is -0.475 e. The van der Waals surface area contributed by atoms with E-state index in [1.807, 2.05) is 0 Å². The van der Waals surface area contributed by atoms with E-state index in [4.69, 9.17) is 0 Å². The zero-order valence-corrected chi connectivity index (χ0v) is 16.0. The van der Waals surface area contributed by atoms with Crippen LogP contribution in [-0.2, 0) is 9.59 Å². The normalized spacial score (nSPS) is 57.7. The Bertz CT molecular complexity index is 745. The van der Waals surface area contributed by atoms with E-state index in [0.29, 0.717) is 52.8 Å². The third-order valence-electron chi connectivity index (χ3n) is 10.1. The zero-order valence-electron chi connectivity index (χ0n) is 16.0. The highest BCUT2D eigenvalue weighted by molar-refractivity contribution is 6.35. The number of hydrogen-bond acceptors (Lipinski definition) is 2. The lowest BCUT2D eigenvalue weighted by Crippen LogP contribution is -2.53. The number of carbonyl (C=O) groups is 2. The Kier molecular flexibility index (Phi) is 2.73. The summed E-state index contributed by atoms with van der Waals surface area (Å²) >= 11 is 0. The van der Waals surface area contributed by atoms with Gasteiger partial charge in [0, 0.05) is 5.41 Å². The fourth-order valence-electron chi connectivity index (χ4n) is 9.93. The molecule has 1 N–H and O–H groups in total. The molecule has 3 nitrogen and oxygen atoms in total. The third kappa shape index (κ3) is 1.52. The maximum absolute atomic E-state index is 13.2. The molecular weight excluding hydrogens is 324 g/mol. The Hall–Kier alpha value is -1.12. The average molecular weight is 354 g/mol. The molecule has 0 saturated heterocycles. The Balaban J connectivity index is 1.48. The van der Waals surface area contributed by atoms with Gasteiger partial charge in [-0.1, -0.05) is 32.9 Å². The summed E-state index contributed by atoms with van der Waals surface area (Å²) < 4.78 is 0. The largest absolute Gasteiger partial charge is 0.475 e. The molecule has 11 atom stereocenters. The summed E-state index contributed by atoms with van der Waals surface area (Å²) in [5, 5.41) is 9.75. The molecule has 5 saturated carbocycles. The van der Waals surface area contributed by atoms with Gasteiger partial charge in [-0.15, -0.1) is 0 Å². The summed E-state index contributed by atoms with van der Waals surface area (Å²) in [4.78, 5) is 25.1. The molecule has 0 amide bonds. The highest BCUT2D eigenvalue weighted by Crippen LogP contribution is 2.81. The molecule has 0 aliphatic heterocycles. The fourth-order valence-corrected chi connectivity index (χ4v) is 9.93. The van der Waals surface area contributed by atoms with Crippen LogP contribution in [0, 0.1) is 70.0 Å². The summed E-state index contributed by atoms with van der Waals surface area (Å²) in [7, 11) is 0. The van der Waals surface area contributed by atoms with Crippen molar-refractivity contribution >= 4 is 11.8 Å². The van der Waals surface area contributed by atoms with Gasteiger partial charge in [0.1, 0.15) is 0 Å². The highest BCUT2D eigenvalue weighted by atomic mass is 16.4. The molecule has 3 heteroatoms. The maximum Gasteiger partial charge on any atom is 0.372 e. The minimum atomic E-state index is -1.16. The predicted molar refractivity (Wildman–Crippen MR) is 97.0 cm³/mol. The second kappa shape index (κ2) is 4.47. The lowest BCUT2D eigenvalue weighted by atomic mass is 9.51. The van der Waals surface area contributed by atoms with Gasteiger partial charge >= 0.3 is 5.97 Å². The van der Waals surface area contributed by atoms with Gasteiger partial charge in [0.15, 0.2) is 0 Å². The van der Waals surface area contributed by atoms with Crippen LogP contribution in [0.15, 0.2) is 12.2 Å². The van der Waals surface area contributed by atoms with Crippen LogP contribution in [0.25, 0.3) is 0 Å². The van der Waals surface area contributed by atoms with Gasteiger partial charge in [-0.25, -0.2) is 4.79 Å². The Labute approximate surface area is 155 Å².